The summed E-state index contributed by atoms with van der Waals surface area (Å²) in [4.78, 5) is 12.1. The molecule has 1 heterocycles. The van der Waals surface area contributed by atoms with Gasteiger partial charge in [0, 0.05) is 12.7 Å². The van der Waals surface area contributed by atoms with Crippen LogP contribution in [0.1, 0.15) is 17.4 Å². The summed E-state index contributed by atoms with van der Waals surface area (Å²) in [7, 11) is 0. The molecule has 6 heteroatoms. The zero-order chi connectivity index (χ0) is 15.2. The van der Waals surface area contributed by atoms with Crippen molar-refractivity contribution in [3.63, 3.8) is 0 Å². The molecular weight excluding hydrogens is 284 g/mol. The van der Waals surface area contributed by atoms with Crippen LogP contribution < -0.4 is 11.1 Å². The summed E-state index contributed by atoms with van der Waals surface area (Å²) < 4.78 is 1.62. The van der Waals surface area contributed by atoms with Crippen molar-refractivity contribution in [2.75, 3.05) is 24.3 Å². The van der Waals surface area contributed by atoms with Gasteiger partial charge in [-0.3, -0.25) is 4.79 Å². The molecule has 21 heavy (non-hydrogen) atoms. The van der Waals surface area contributed by atoms with Gasteiger partial charge in [-0.05, 0) is 36.1 Å². The van der Waals surface area contributed by atoms with Gasteiger partial charge in [-0.15, -0.1) is 0 Å². The molecule has 0 aliphatic carbocycles. The van der Waals surface area contributed by atoms with E-state index in [1.807, 2.05) is 18.2 Å². The molecule has 1 aromatic heterocycles. The number of carbonyl (C=O) groups excluding carboxylic acids is 1. The van der Waals surface area contributed by atoms with E-state index in [1.54, 1.807) is 34.8 Å². The number of anilines is 1. The standard InChI is InChI=1S/C15H20N4OS/c1-11(10-21-2)9-17-15(20)13-7-8-19(18-13)14-6-4-3-5-12(14)16/h3-8,11H,9-10,16H2,1-2H3,(H,17,20). The van der Waals surface area contributed by atoms with Crippen molar-refractivity contribution in [1.82, 2.24) is 15.1 Å². The predicted molar refractivity (Wildman–Crippen MR) is 87.9 cm³/mol. The van der Waals surface area contributed by atoms with Crippen LogP contribution in [0.2, 0.25) is 0 Å². The smallest absolute Gasteiger partial charge is 0.271 e. The largest absolute Gasteiger partial charge is 0.397 e. The number of nitrogen functional groups attached to an aromatic ring is 1. The summed E-state index contributed by atoms with van der Waals surface area (Å²) in [6.07, 6.45) is 3.80. The fourth-order valence-corrected chi connectivity index (χ4v) is 2.66. The Morgan fingerprint density at radius 2 is 2.19 bits per heavy atom. The highest BCUT2D eigenvalue weighted by molar-refractivity contribution is 7.98. The van der Waals surface area contributed by atoms with Crippen LogP contribution in [0.15, 0.2) is 36.5 Å². The molecule has 0 saturated carbocycles. The fraction of sp³-hybridized carbons (Fsp3) is 0.333. The topological polar surface area (TPSA) is 72.9 Å². The van der Waals surface area contributed by atoms with Gasteiger partial charge in [0.15, 0.2) is 5.69 Å². The number of rotatable bonds is 6. The van der Waals surface area contributed by atoms with Crippen LogP contribution >= 0.6 is 11.8 Å². The van der Waals surface area contributed by atoms with Gasteiger partial charge in [0.05, 0.1) is 11.4 Å². The first kappa shape index (κ1) is 15.4. The van der Waals surface area contributed by atoms with Gasteiger partial charge >= 0.3 is 0 Å². The van der Waals surface area contributed by atoms with E-state index in [4.69, 9.17) is 5.73 Å². The number of benzene rings is 1. The highest BCUT2D eigenvalue weighted by Gasteiger charge is 2.12. The molecule has 0 aliphatic heterocycles. The van der Waals surface area contributed by atoms with Gasteiger partial charge in [0.25, 0.3) is 5.91 Å². The Balaban J connectivity index is 2.03. The monoisotopic (exact) mass is 304 g/mol. The second-order valence-corrected chi connectivity index (χ2v) is 5.89. The highest BCUT2D eigenvalue weighted by atomic mass is 32.2. The third-order valence-electron chi connectivity index (χ3n) is 3.07. The van der Waals surface area contributed by atoms with Crippen LogP contribution in [0.3, 0.4) is 0 Å². The van der Waals surface area contributed by atoms with E-state index in [9.17, 15) is 4.79 Å². The number of nitrogens with one attached hydrogen (secondary N) is 1. The molecule has 1 unspecified atom stereocenters. The molecule has 2 aromatic rings. The summed E-state index contributed by atoms with van der Waals surface area (Å²) in [5, 5.41) is 7.19. The van der Waals surface area contributed by atoms with E-state index in [0.717, 1.165) is 11.4 Å². The Labute approximate surface area is 128 Å². The fourth-order valence-electron chi connectivity index (χ4n) is 1.98. The van der Waals surface area contributed by atoms with Gasteiger partial charge in [-0.1, -0.05) is 19.1 Å². The Morgan fingerprint density at radius 3 is 2.90 bits per heavy atom. The molecule has 0 bridgehead atoms. The molecular formula is C15H20N4OS. The molecule has 3 N–H and O–H groups in total. The number of amides is 1. The molecule has 1 aromatic carbocycles. The molecule has 5 nitrogen and oxygen atoms in total. The molecule has 1 atom stereocenters. The minimum Gasteiger partial charge on any atom is -0.397 e. The van der Waals surface area contributed by atoms with Crippen LogP contribution in [0.25, 0.3) is 5.69 Å². The van der Waals surface area contributed by atoms with E-state index in [2.05, 4.69) is 23.6 Å². The lowest BCUT2D eigenvalue weighted by molar-refractivity contribution is 0.0944. The molecule has 0 fully saturated rings. The minimum absolute atomic E-state index is 0.156. The molecule has 0 aliphatic rings. The Hall–Kier alpha value is -1.95. The van der Waals surface area contributed by atoms with E-state index >= 15 is 0 Å². The van der Waals surface area contributed by atoms with Gasteiger partial charge in [0.2, 0.25) is 0 Å². The average molecular weight is 304 g/mol. The number of hydrogen-bond acceptors (Lipinski definition) is 4. The van der Waals surface area contributed by atoms with Crippen molar-refractivity contribution >= 4 is 23.4 Å². The molecule has 112 valence electrons. The van der Waals surface area contributed by atoms with Gasteiger partial charge in [-0.25, -0.2) is 4.68 Å². The quantitative estimate of drug-likeness (QED) is 0.802. The summed E-state index contributed by atoms with van der Waals surface area (Å²) >= 11 is 1.78. The van der Waals surface area contributed by atoms with E-state index in [-0.39, 0.29) is 5.91 Å². The number of carbonyl (C=O) groups is 1. The maximum Gasteiger partial charge on any atom is 0.271 e. The summed E-state index contributed by atoms with van der Waals surface area (Å²) in [6.45, 7) is 2.76. The van der Waals surface area contributed by atoms with E-state index in [1.165, 1.54) is 0 Å². The molecule has 0 radical (unpaired) electrons. The lowest BCUT2D eigenvalue weighted by atomic mass is 10.2. The maximum atomic E-state index is 12.1. The second kappa shape index (κ2) is 7.17. The Morgan fingerprint density at radius 1 is 1.43 bits per heavy atom. The van der Waals surface area contributed by atoms with Crippen LogP contribution in [0.5, 0.6) is 0 Å². The number of aromatic nitrogens is 2. The molecule has 1 amide bonds. The van der Waals surface area contributed by atoms with Gasteiger partial charge < -0.3 is 11.1 Å². The first-order chi connectivity index (χ1) is 10.1. The highest BCUT2D eigenvalue weighted by Crippen LogP contribution is 2.15. The number of nitrogens with two attached hydrogens (primary N) is 1. The zero-order valence-corrected chi connectivity index (χ0v) is 13.1. The van der Waals surface area contributed by atoms with Gasteiger partial charge in [-0.2, -0.15) is 16.9 Å². The summed E-state index contributed by atoms with van der Waals surface area (Å²) in [6, 6.07) is 9.12. The predicted octanol–water partition coefficient (Wildman–Crippen LogP) is 2.18. The van der Waals surface area contributed by atoms with Crippen molar-refractivity contribution in [2.24, 2.45) is 5.92 Å². The second-order valence-electron chi connectivity index (χ2n) is 4.97. The number of nitrogens with zero attached hydrogens (tertiary/aromatic N) is 2. The molecule has 0 spiro atoms. The first-order valence-electron chi connectivity index (χ1n) is 6.79. The summed E-state index contributed by atoms with van der Waals surface area (Å²) in [5.74, 6) is 1.31. The Bertz CT molecular complexity index is 611. The third-order valence-corrected chi connectivity index (χ3v) is 3.97. The maximum absolute atomic E-state index is 12.1. The minimum atomic E-state index is -0.156. The normalized spacial score (nSPS) is 12.1. The zero-order valence-electron chi connectivity index (χ0n) is 12.2. The van der Waals surface area contributed by atoms with Crippen molar-refractivity contribution in [3.8, 4) is 5.69 Å². The lowest BCUT2D eigenvalue weighted by Crippen LogP contribution is -2.29. The van der Waals surface area contributed by atoms with Crippen molar-refractivity contribution in [2.45, 2.75) is 6.92 Å². The SMILES string of the molecule is CSCC(C)CNC(=O)c1ccn(-c2ccccc2N)n1. The summed E-state index contributed by atoms with van der Waals surface area (Å²) in [5.41, 5.74) is 7.70. The third kappa shape index (κ3) is 4.01. The average Bonchev–Trinajstić information content (AvgIpc) is 2.95. The molecule has 2 rings (SSSR count). The Kier molecular flexibility index (Phi) is 5.27. The van der Waals surface area contributed by atoms with Crippen LogP contribution in [-0.2, 0) is 0 Å². The van der Waals surface area contributed by atoms with Crippen molar-refractivity contribution < 1.29 is 4.79 Å². The lowest BCUT2D eigenvalue weighted by Gasteiger charge is -2.10. The number of thioether (sulfide) groups is 1. The van der Waals surface area contributed by atoms with Crippen molar-refractivity contribution in [1.29, 1.82) is 0 Å². The van der Waals surface area contributed by atoms with Crippen LogP contribution in [0, 0.1) is 5.92 Å². The van der Waals surface area contributed by atoms with Crippen molar-refractivity contribution in [3.05, 3.63) is 42.2 Å². The van der Waals surface area contributed by atoms with Crippen LogP contribution in [-0.4, -0.2) is 34.2 Å². The van der Waals surface area contributed by atoms with E-state index < -0.39 is 0 Å². The van der Waals surface area contributed by atoms with E-state index in [0.29, 0.717) is 23.8 Å². The van der Waals surface area contributed by atoms with Crippen LogP contribution in [0.4, 0.5) is 5.69 Å². The first-order valence-corrected chi connectivity index (χ1v) is 8.19. The number of hydrogen-bond donors (Lipinski definition) is 2. The van der Waals surface area contributed by atoms with Gasteiger partial charge in [0.1, 0.15) is 0 Å². The molecule has 0 saturated heterocycles. The number of para-hydroxylation sites is 2.